The maximum absolute atomic E-state index is 13.4. The van der Waals surface area contributed by atoms with Crippen molar-refractivity contribution in [1.29, 1.82) is 0 Å². The number of nitrogens with two attached hydrogens (primary N) is 1. The van der Waals surface area contributed by atoms with Gasteiger partial charge in [0, 0.05) is 37.4 Å². The molecule has 2 amide bonds. The molecule has 2 saturated heterocycles. The van der Waals surface area contributed by atoms with E-state index in [-0.39, 0.29) is 23.5 Å². The molecule has 3 rings (SSSR count). The summed E-state index contributed by atoms with van der Waals surface area (Å²) in [5.74, 6) is -2.78. The molecule has 2 heterocycles. The molecular weight excluding hydrogens is 328 g/mol. The second-order valence-corrected chi connectivity index (χ2v) is 6.98. The van der Waals surface area contributed by atoms with E-state index in [0.717, 1.165) is 25.0 Å². The summed E-state index contributed by atoms with van der Waals surface area (Å²) in [4.78, 5) is 28.6. The number of rotatable bonds is 3. The normalized spacial score (nSPS) is 27.0. The fraction of sp³-hybridized carbons (Fsp3) is 0.556. The van der Waals surface area contributed by atoms with E-state index in [1.54, 1.807) is 4.90 Å². The molecule has 3 atom stereocenters. The van der Waals surface area contributed by atoms with E-state index in [9.17, 15) is 18.4 Å². The Morgan fingerprint density at radius 3 is 2.68 bits per heavy atom. The molecule has 136 valence electrons. The van der Waals surface area contributed by atoms with Crippen LogP contribution in [0.2, 0.25) is 0 Å². The highest BCUT2D eigenvalue weighted by molar-refractivity contribution is 6.09. The van der Waals surface area contributed by atoms with Crippen molar-refractivity contribution >= 4 is 17.5 Å². The average molecular weight is 351 g/mol. The highest BCUT2D eigenvalue weighted by Crippen LogP contribution is 2.30. The summed E-state index contributed by atoms with van der Waals surface area (Å²) < 4.78 is 26.5. The van der Waals surface area contributed by atoms with Crippen LogP contribution in [0, 0.1) is 23.5 Å². The Morgan fingerprint density at radius 1 is 1.24 bits per heavy atom. The van der Waals surface area contributed by atoms with E-state index in [1.165, 1.54) is 11.0 Å². The summed E-state index contributed by atoms with van der Waals surface area (Å²) in [6, 6.07) is 3.30. The minimum absolute atomic E-state index is 0.0404. The van der Waals surface area contributed by atoms with Crippen molar-refractivity contribution in [2.45, 2.75) is 32.2 Å². The molecule has 7 heteroatoms. The first-order valence-corrected chi connectivity index (χ1v) is 8.69. The van der Waals surface area contributed by atoms with Gasteiger partial charge in [0.05, 0.1) is 0 Å². The summed E-state index contributed by atoms with van der Waals surface area (Å²) in [6.45, 7) is 3.44. The van der Waals surface area contributed by atoms with Gasteiger partial charge in [-0.05, 0) is 37.3 Å². The van der Waals surface area contributed by atoms with Crippen molar-refractivity contribution in [3.63, 3.8) is 0 Å². The third kappa shape index (κ3) is 3.38. The smallest absolute Gasteiger partial charge is 0.239 e. The zero-order valence-corrected chi connectivity index (χ0v) is 14.3. The van der Waals surface area contributed by atoms with Gasteiger partial charge in [-0.1, -0.05) is 6.92 Å². The first kappa shape index (κ1) is 17.8. The van der Waals surface area contributed by atoms with Gasteiger partial charge in [-0.3, -0.25) is 9.59 Å². The van der Waals surface area contributed by atoms with Crippen LogP contribution in [0.4, 0.5) is 14.5 Å². The molecule has 0 radical (unpaired) electrons. The van der Waals surface area contributed by atoms with Gasteiger partial charge in [-0.25, -0.2) is 8.78 Å². The standard InChI is InChI=1S/C18H23F2N3O2/c1-11-4-6-23(13(8-11)10-21)18(25)14-5-7-22(17(14)24)12-2-3-15(19)16(20)9-12/h2-3,9,11,13-14H,4-8,10,21H2,1H3. The monoisotopic (exact) mass is 351 g/mol. The molecule has 2 aliphatic rings. The zero-order valence-electron chi connectivity index (χ0n) is 14.3. The molecule has 2 aliphatic heterocycles. The second-order valence-electron chi connectivity index (χ2n) is 6.98. The molecule has 3 unspecified atom stereocenters. The van der Waals surface area contributed by atoms with E-state index in [1.807, 2.05) is 0 Å². The van der Waals surface area contributed by atoms with Crippen LogP contribution in [0.15, 0.2) is 18.2 Å². The molecule has 2 fully saturated rings. The van der Waals surface area contributed by atoms with Crippen LogP contribution in [-0.4, -0.2) is 42.4 Å². The van der Waals surface area contributed by atoms with Gasteiger partial charge in [0.2, 0.25) is 11.8 Å². The lowest BCUT2D eigenvalue weighted by Crippen LogP contribution is -2.52. The fourth-order valence-electron chi connectivity index (χ4n) is 3.78. The Kier molecular flexibility index (Phi) is 5.03. The maximum atomic E-state index is 13.4. The highest BCUT2D eigenvalue weighted by Gasteiger charge is 2.42. The first-order chi connectivity index (χ1) is 11.9. The third-order valence-electron chi connectivity index (χ3n) is 5.25. The highest BCUT2D eigenvalue weighted by atomic mass is 19.2. The summed E-state index contributed by atoms with van der Waals surface area (Å²) in [5.41, 5.74) is 6.09. The number of amides is 2. The largest absolute Gasteiger partial charge is 0.338 e. The zero-order chi connectivity index (χ0) is 18.1. The Balaban J connectivity index is 1.74. The molecule has 0 saturated carbocycles. The predicted octanol–water partition coefficient (Wildman–Crippen LogP) is 1.90. The number of hydrogen-bond acceptors (Lipinski definition) is 3. The lowest BCUT2D eigenvalue weighted by atomic mass is 9.91. The molecule has 2 N–H and O–H groups in total. The van der Waals surface area contributed by atoms with Crippen molar-refractivity contribution in [1.82, 2.24) is 4.90 Å². The molecule has 0 aliphatic carbocycles. The lowest BCUT2D eigenvalue weighted by molar-refractivity contribution is -0.143. The van der Waals surface area contributed by atoms with Gasteiger partial charge >= 0.3 is 0 Å². The van der Waals surface area contributed by atoms with E-state index in [4.69, 9.17) is 5.73 Å². The Labute approximate surface area is 145 Å². The summed E-state index contributed by atoms with van der Waals surface area (Å²) in [5, 5.41) is 0. The van der Waals surface area contributed by atoms with E-state index < -0.39 is 17.6 Å². The lowest BCUT2D eigenvalue weighted by Gasteiger charge is -2.39. The fourth-order valence-corrected chi connectivity index (χ4v) is 3.78. The number of nitrogens with zero attached hydrogens (tertiary/aromatic N) is 2. The predicted molar refractivity (Wildman–Crippen MR) is 89.8 cm³/mol. The molecule has 5 nitrogen and oxygen atoms in total. The number of carbonyl (C=O) groups excluding carboxylic acids is 2. The summed E-state index contributed by atoms with van der Waals surface area (Å²) in [7, 11) is 0. The molecule has 25 heavy (non-hydrogen) atoms. The van der Waals surface area contributed by atoms with Crippen LogP contribution >= 0.6 is 0 Å². The van der Waals surface area contributed by atoms with Crippen LogP contribution in [0.5, 0.6) is 0 Å². The van der Waals surface area contributed by atoms with Gasteiger partial charge in [-0.15, -0.1) is 0 Å². The van der Waals surface area contributed by atoms with Gasteiger partial charge in [0.25, 0.3) is 0 Å². The SMILES string of the molecule is CC1CCN(C(=O)C2CCN(c3ccc(F)c(F)c3)C2=O)C(CN)C1. The van der Waals surface area contributed by atoms with Crippen molar-refractivity contribution in [3.8, 4) is 0 Å². The third-order valence-corrected chi connectivity index (χ3v) is 5.25. The summed E-state index contributed by atoms with van der Waals surface area (Å²) >= 11 is 0. The minimum Gasteiger partial charge on any atom is -0.338 e. The Morgan fingerprint density at radius 2 is 2.00 bits per heavy atom. The number of halogens is 2. The second kappa shape index (κ2) is 7.07. The number of anilines is 1. The van der Waals surface area contributed by atoms with Gasteiger partial charge < -0.3 is 15.5 Å². The van der Waals surface area contributed by atoms with Crippen molar-refractivity contribution in [3.05, 3.63) is 29.8 Å². The number of carbonyl (C=O) groups is 2. The van der Waals surface area contributed by atoms with Crippen molar-refractivity contribution in [2.75, 3.05) is 24.5 Å². The maximum Gasteiger partial charge on any atom is 0.239 e. The van der Waals surface area contributed by atoms with Crippen LogP contribution in [0.1, 0.15) is 26.2 Å². The van der Waals surface area contributed by atoms with E-state index in [2.05, 4.69) is 6.92 Å². The van der Waals surface area contributed by atoms with Gasteiger partial charge in [0.1, 0.15) is 5.92 Å². The first-order valence-electron chi connectivity index (χ1n) is 8.69. The topological polar surface area (TPSA) is 66.6 Å². The number of likely N-dealkylation sites (tertiary alicyclic amines) is 1. The number of benzene rings is 1. The van der Waals surface area contributed by atoms with E-state index in [0.29, 0.717) is 32.0 Å². The van der Waals surface area contributed by atoms with Gasteiger partial charge in [-0.2, -0.15) is 0 Å². The quantitative estimate of drug-likeness (QED) is 0.846. The molecule has 0 aromatic heterocycles. The molecule has 0 spiro atoms. The van der Waals surface area contributed by atoms with E-state index >= 15 is 0 Å². The van der Waals surface area contributed by atoms with Crippen molar-refractivity contribution < 1.29 is 18.4 Å². The average Bonchev–Trinajstić information content (AvgIpc) is 2.98. The van der Waals surface area contributed by atoms with Crippen LogP contribution in [0.3, 0.4) is 0 Å². The molecule has 0 bridgehead atoms. The van der Waals surface area contributed by atoms with Crippen LogP contribution < -0.4 is 10.6 Å². The number of piperidine rings is 1. The molecule has 1 aromatic rings. The Bertz CT molecular complexity index is 682. The molecule has 1 aromatic carbocycles. The van der Waals surface area contributed by atoms with Gasteiger partial charge in [0.15, 0.2) is 11.6 Å². The van der Waals surface area contributed by atoms with Crippen LogP contribution in [0.25, 0.3) is 0 Å². The summed E-state index contributed by atoms with van der Waals surface area (Å²) in [6.07, 6.45) is 2.12. The number of hydrogen-bond donors (Lipinski definition) is 1. The molecular formula is C18H23F2N3O2. The van der Waals surface area contributed by atoms with Crippen molar-refractivity contribution in [2.24, 2.45) is 17.6 Å². The Hall–Kier alpha value is -2.02. The minimum atomic E-state index is -1.01. The van der Waals surface area contributed by atoms with Crippen LogP contribution in [-0.2, 0) is 9.59 Å².